The second kappa shape index (κ2) is 5.02. The molecule has 3 nitrogen and oxygen atoms in total. The van der Waals surface area contributed by atoms with Crippen LogP contribution in [0, 0.1) is 13.8 Å². The molecule has 0 saturated carbocycles. The van der Waals surface area contributed by atoms with E-state index < -0.39 is 0 Å². The Kier molecular flexibility index (Phi) is 3.44. The number of hydrogen-bond donors (Lipinski definition) is 2. The van der Waals surface area contributed by atoms with Crippen LogP contribution in [0.25, 0.3) is 11.1 Å². The number of amides is 1. The van der Waals surface area contributed by atoms with E-state index in [2.05, 4.69) is 5.43 Å². The van der Waals surface area contributed by atoms with Crippen molar-refractivity contribution in [2.45, 2.75) is 13.8 Å². The maximum absolute atomic E-state index is 11.7. The summed E-state index contributed by atoms with van der Waals surface area (Å²) in [5, 5.41) is 0. The summed E-state index contributed by atoms with van der Waals surface area (Å²) < 4.78 is 0. The van der Waals surface area contributed by atoms with Crippen LogP contribution in [-0.2, 0) is 0 Å². The lowest BCUT2D eigenvalue weighted by Crippen LogP contribution is -2.30. The van der Waals surface area contributed by atoms with Crippen LogP contribution >= 0.6 is 0 Å². The minimum absolute atomic E-state index is 0.273. The molecule has 0 aliphatic rings. The molecule has 2 aromatic rings. The summed E-state index contributed by atoms with van der Waals surface area (Å²) in [5.41, 5.74) is 6.99. The Morgan fingerprint density at radius 2 is 1.61 bits per heavy atom. The van der Waals surface area contributed by atoms with Crippen molar-refractivity contribution < 1.29 is 4.79 Å². The van der Waals surface area contributed by atoms with Gasteiger partial charge in [0, 0.05) is 5.56 Å². The first-order chi connectivity index (χ1) is 8.61. The quantitative estimate of drug-likeness (QED) is 0.481. The summed E-state index contributed by atoms with van der Waals surface area (Å²) in [6.45, 7) is 4.04. The van der Waals surface area contributed by atoms with Crippen molar-refractivity contribution in [3.8, 4) is 11.1 Å². The van der Waals surface area contributed by atoms with E-state index in [-0.39, 0.29) is 5.91 Å². The van der Waals surface area contributed by atoms with E-state index in [9.17, 15) is 4.79 Å². The number of nitrogen functional groups attached to an aromatic ring is 1. The van der Waals surface area contributed by atoms with Crippen molar-refractivity contribution in [1.82, 2.24) is 5.43 Å². The lowest BCUT2D eigenvalue weighted by Gasteiger charge is -2.10. The highest BCUT2D eigenvalue weighted by Crippen LogP contribution is 2.25. The number of carbonyl (C=O) groups is 1. The molecule has 3 N–H and O–H groups in total. The van der Waals surface area contributed by atoms with Crippen LogP contribution in [0.1, 0.15) is 21.5 Å². The summed E-state index contributed by atoms with van der Waals surface area (Å²) in [6.07, 6.45) is 0. The van der Waals surface area contributed by atoms with Crippen LogP contribution in [-0.4, -0.2) is 5.91 Å². The topological polar surface area (TPSA) is 55.1 Å². The Morgan fingerprint density at radius 1 is 1.00 bits per heavy atom. The van der Waals surface area contributed by atoms with Gasteiger partial charge in [-0.3, -0.25) is 10.2 Å². The monoisotopic (exact) mass is 240 g/mol. The average molecular weight is 240 g/mol. The fourth-order valence-corrected chi connectivity index (χ4v) is 1.91. The maximum atomic E-state index is 11.7. The third-order valence-electron chi connectivity index (χ3n) is 2.91. The third kappa shape index (κ3) is 2.41. The molecule has 2 rings (SSSR count). The van der Waals surface area contributed by atoms with E-state index in [1.54, 1.807) is 6.07 Å². The van der Waals surface area contributed by atoms with Crippen LogP contribution in [0.5, 0.6) is 0 Å². The van der Waals surface area contributed by atoms with E-state index in [0.717, 1.165) is 16.7 Å². The summed E-state index contributed by atoms with van der Waals surface area (Å²) in [4.78, 5) is 11.7. The third-order valence-corrected chi connectivity index (χ3v) is 2.91. The summed E-state index contributed by atoms with van der Waals surface area (Å²) >= 11 is 0. The molecule has 2 aromatic carbocycles. The minimum Gasteiger partial charge on any atom is -0.290 e. The number of hydrogen-bond acceptors (Lipinski definition) is 2. The normalized spacial score (nSPS) is 10.2. The molecule has 0 aromatic heterocycles. The van der Waals surface area contributed by atoms with Crippen molar-refractivity contribution in [3.05, 3.63) is 59.2 Å². The van der Waals surface area contributed by atoms with Gasteiger partial charge in [0.25, 0.3) is 5.91 Å². The highest BCUT2D eigenvalue weighted by molar-refractivity contribution is 6.00. The number of benzene rings is 2. The molecule has 0 atom stereocenters. The molecular formula is C15H16N2O. The van der Waals surface area contributed by atoms with E-state index in [0.29, 0.717) is 5.56 Å². The average Bonchev–Trinajstić information content (AvgIpc) is 2.38. The Bertz CT molecular complexity index is 574. The van der Waals surface area contributed by atoms with E-state index in [4.69, 9.17) is 5.84 Å². The zero-order chi connectivity index (χ0) is 13.1. The van der Waals surface area contributed by atoms with Crippen LogP contribution < -0.4 is 11.3 Å². The van der Waals surface area contributed by atoms with Gasteiger partial charge in [0.05, 0.1) is 0 Å². The highest BCUT2D eigenvalue weighted by Gasteiger charge is 2.11. The van der Waals surface area contributed by atoms with Gasteiger partial charge in [0.2, 0.25) is 0 Å². The first-order valence-electron chi connectivity index (χ1n) is 5.80. The van der Waals surface area contributed by atoms with Gasteiger partial charge in [0.15, 0.2) is 0 Å². The summed E-state index contributed by atoms with van der Waals surface area (Å²) in [5.74, 6) is 4.94. The highest BCUT2D eigenvalue weighted by atomic mass is 16.2. The smallest absolute Gasteiger partial charge is 0.265 e. The molecule has 0 saturated heterocycles. The van der Waals surface area contributed by atoms with Crippen LogP contribution in [0.3, 0.4) is 0 Å². The molecule has 0 radical (unpaired) electrons. The Balaban J connectivity index is 2.57. The van der Waals surface area contributed by atoms with Gasteiger partial charge >= 0.3 is 0 Å². The molecule has 0 fully saturated rings. The van der Waals surface area contributed by atoms with Crippen molar-refractivity contribution >= 4 is 5.91 Å². The van der Waals surface area contributed by atoms with Crippen molar-refractivity contribution in [2.75, 3.05) is 0 Å². The molecule has 3 heteroatoms. The fraction of sp³-hybridized carbons (Fsp3) is 0.133. The first-order valence-corrected chi connectivity index (χ1v) is 5.80. The zero-order valence-corrected chi connectivity index (χ0v) is 10.5. The number of hydrazine groups is 1. The fourth-order valence-electron chi connectivity index (χ4n) is 1.91. The standard InChI is InChI=1S/C15H16N2O/c1-10-3-6-12(7-4-10)14-9-11(2)5-8-13(14)15(18)17-16/h3-9H,16H2,1-2H3,(H,17,18). The molecule has 0 aliphatic carbocycles. The Hall–Kier alpha value is -2.13. The first kappa shape index (κ1) is 12.3. The predicted molar refractivity (Wildman–Crippen MR) is 73.0 cm³/mol. The molecule has 1 amide bonds. The van der Waals surface area contributed by atoms with E-state index in [1.807, 2.05) is 50.2 Å². The second-order valence-electron chi connectivity index (χ2n) is 4.39. The number of nitrogens with two attached hydrogens (primary N) is 1. The van der Waals surface area contributed by atoms with Crippen molar-refractivity contribution in [2.24, 2.45) is 5.84 Å². The summed E-state index contributed by atoms with van der Waals surface area (Å²) in [7, 11) is 0. The van der Waals surface area contributed by atoms with Gasteiger partial charge in [-0.1, -0.05) is 47.5 Å². The number of rotatable bonds is 2. The molecular weight excluding hydrogens is 224 g/mol. The largest absolute Gasteiger partial charge is 0.290 e. The molecule has 0 heterocycles. The van der Waals surface area contributed by atoms with Gasteiger partial charge in [-0.2, -0.15) is 0 Å². The molecule has 0 unspecified atom stereocenters. The molecule has 92 valence electrons. The maximum Gasteiger partial charge on any atom is 0.265 e. The van der Waals surface area contributed by atoms with Gasteiger partial charge in [-0.25, -0.2) is 5.84 Å². The summed E-state index contributed by atoms with van der Waals surface area (Å²) in [6, 6.07) is 13.8. The Labute approximate surface area is 107 Å². The zero-order valence-electron chi connectivity index (χ0n) is 10.5. The van der Waals surface area contributed by atoms with Crippen LogP contribution in [0.15, 0.2) is 42.5 Å². The minimum atomic E-state index is -0.273. The van der Waals surface area contributed by atoms with Gasteiger partial charge < -0.3 is 0 Å². The van der Waals surface area contributed by atoms with Crippen LogP contribution in [0.2, 0.25) is 0 Å². The predicted octanol–water partition coefficient (Wildman–Crippen LogP) is 2.57. The number of nitrogens with one attached hydrogen (secondary N) is 1. The number of carbonyl (C=O) groups excluding carboxylic acids is 1. The van der Waals surface area contributed by atoms with Gasteiger partial charge in [-0.15, -0.1) is 0 Å². The van der Waals surface area contributed by atoms with Gasteiger partial charge in [-0.05, 0) is 31.0 Å². The van der Waals surface area contributed by atoms with Crippen molar-refractivity contribution in [1.29, 1.82) is 0 Å². The lowest BCUT2D eigenvalue weighted by atomic mass is 9.96. The lowest BCUT2D eigenvalue weighted by molar-refractivity contribution is 0.0954. The Morgan fingerprint density at radius 3 is 2.22 bits per heavy atom. The van der Waals surface area contributed by atoms with E-state index >= 15 is 0 Å². The SMILES string of the molecule is Cc1ccc(-c2cc(C)ccc2C(=O)NN)cc1. The molecule has 0 aliphatic heterocycles. The molecule has 0 spiro atoms. The molecule has 18 heavy (non-hydrogen) atoms. The van der Waals surface area contributed by atoms with E-state index in [1.165, 1.54) is 5.56 Å². The van der Waals surface area contributed by atoms with Crippen LogP contribution in [0.4, 0.5) is 0 Å². The van der Waals surface area contributed by atoms with Gasteiger partial charge in [0.1, 0.15) is 0 Å². The van der Waals surface area contributed by atoms with Crippen molar-refractivity contribution in [3.63, 3.8) is 0 Å². The molecule has 0 bridgehead atoms. The second-order valence-corrected chi connectivity index (χ2v) is 4.39. The number of aryl methyl sites for hydroxylation is 2.